The molecule has 2 aromatic carbocycles. The van der Waals surface area contributed by atoms with Gasteiger partial charge in [-0.3, -0.25) is 9.59 Å². The molecule has 152 valence electrons. The minimum absolute atomic E-state index is 0.367. The zero-order valence-electron chi connectivity index (χ0n) is 14.7. The van der Waals surface area contributed by atoms with Crippen LogP contribution in [0.2, 0.25) is 20.1 Å². The SMILES string of the molecule is O=C(COCC(=O)N/N=C/c1ccc(Cl)cc1Cl)N/N=C/c1cc(Cl)cc(Cl)c1. The maximum Gasteiger partial charge on any atom is 0.266 e. The van der Waals surface area contributed by atoms with Crippen LogP contribution < -0.4 is 10.9 Å². The Morgan fingerprint density at radius 1 is 0.828 bits per heavy atom. The number of nitrogens with zero attached hydrogens (tertiary/aromatic N) is 2. The number of nitrogens with one attached hydrogen (secondary N) is 2. The Balaban J connectivity index is 1.68. The fourth-order valence-electron chi connectivity index (χ4n) is 1.91. The second-order valence-corrected chi connectivity index (χ2v) is 7.16. The number of hydrazone groups is 2. The first-order valence-corrected chi connectivity index (χ1v) is 9.47. The molecule has 0 spiro atoms. The van der Waals surface area contributed by atoms with Crippen LogP contribution in [0.3, 0.4) is 0 Å². The van der Waals surface area contributed by atoms with Crippen molar-refractivity contribution >= 4 is 70.6 Å². The van der Waals surface area contributed by atoms with Crippen LogP contribution in [-0.4, -0.2) is 37.5 Å². The van der Waals surface area contributed by atoms with Crippen molar-refractivity contribution < 1.29 is 14.3 Å². The summed E-state index contributed by atoms with van der Waals surface area (Å²) in [6.07, 6.45) is 2.74. The van der Waals surface area contributed by atoms with Crippen molar-refractivity contribution in [1.29, 1.82) is 0 Å². The fraction of sp³-hybridized carbons (Fsp3) is 0.111. The first kappa shape index (κ1) is 23.1. The third-order valence-electron chi connectivity index (χ3n) is 3.11. The van der Waals surface area contributed by atoms with E-state index >= 15 is 0 Å². The van der Waals surface area contributed by atoms with E-state index < -0.39 is 11.8 Å². The van der Waals surface area contributed by atoms with Crippen molar-refractivity contribution in [2.24, 2.45) is 10.2 Å². The van der Waals surface area contributed by atoms with Crippen LogP contribution in [0.15, 0.2) is 46.6 Å². The largest absolute Gasteiger partial charge is 0.362 e. The normalized spacial score (nSPS) is 11.2. The highest BCUT2D eigenvalue weighted by Crippen LogP contribution is 2.19. The summed E-state index contributed by atoms with van der Waals surface area (Å²) in [5.41, 5.74) is 5.69. The van der Waals surface area contributed by atoms with Gasteiger partial charge in [-0.05, 0) is 35.9 Å². The molecule has 2 amide bonds. The lowest BCUT2D eigenvalue weighted by Crippen LogP contribution is -2.28. The lowest BCUT2D eigenvalue weighted by Gasteiger charge is -2.03. The third-order valence-corrected chi connectivity index (χ3v) is 4.11. The maximum atomic E-state index is 11.6. The molecule has 0 atom stereocenters. The Morgan fingerprint density at radius 3 is 2.00 bits per heavy atom. The van der Waals surface area contributed by atoms with Gasteiger partial charge in [-0.2, -0.15) is 10.2 Å². The predicted molar refractivity (Wildman–Crippen MR) is 115 cm³/mol. The van der Waals surface area contributed by atoms with Gasteiger partial charge in [0, 0.05) is 20.6 Å². The van der Waals surface area contributed by atoms with Crippen LogP contribution in [-0.2, 0) is 14.3 Å². The summed E-state index contributed by atoms with van der Waals surface area (Å²) in [6, 6.07) is 9.67. The number of carbonyl (C=O) groups is 2. The van der Waals surface area contributed by atoms with Gasteiger partial charge < -0.3 is 4.74 Å². The highest BCUT2D eigenvalue weighted by atomic mass is 35.5. The molecule has 2 aromatic rings. The predicted octanol–water partition coefficient (Wildman–Crippen LogP) is 3.92. The standard InChI is InChI=1S/C18H14Cl4N4O3/c19-13-2-1-12(16(22)6-13)8-24-26-18(28)10-29-9-17(27)25-23-7-11-3-14(20)5-15(21)4-11/h1-8H,9-10H2,(H,25,27)(H,26,28)/b23-7+,24-8+. The molecule has 0 fully saturated rings. The Hall–Kier alpha value is -2.16. The molecule has 0 aliphatic heterocycles. The summed E-state index contributed by atoms with van der Waals surface area (Å²) < 4.78 is 4.98. The molecule has 7 nitrogen and oxygen atoms in total. The third kappa shape index (κ3) is 8.81. The van der Waals surface area contributed by atoms with E-state index in [0.29, 0.717) is 31.2 Å². The van der Waals surface area contributed by atoms with Crippen molar-refractivity contribution in [3.05, 3.63) is 67.6 Å². The highest BCUT2D eigenvalue weighted by molar-refractivity contribution is 6.36. The van der Waals surface area contributed by atoms with E-state index in [1.807, 2.05) is 0 Å². The Bertz CT molecular complexity index is 930. The molecular weight excluding hydrogens is 462 g/mol. The van der Waals surface area contributed by atoms with Gasteiger partial charge in [0.2, 0.25) is 0 Å². The van der Waals surface area contributed by atoms with E-state index in [1.54, 1.807) is 36.4 Å². The lowest BCUT2D eigenvalue weighted by atomic mass is 10.2. The average Bonchev–Trinajstić information content (AvgIpc) is 2.63. The van der Waals surface area contributed by atoms with E-state index in [2.05, 4.69) is 21.1 Å². The Kier molecular flexibility index (Phi) is 9.37. The molecule has 0 saturated carbocycles. The molecule has 0 saturated heterocycles. The van der Waals surface area contributed by atoms with Crippen LogP contribution in [0.1, 0.15) is 11.1 Å². The highest BCUT2D eigenvalue weighted by Gasteiger charge is 2.04. The van der Waals surface area contributed by atoms with Crippen molar-refractivity contribution in [2.75, 3.05) is 13.2 Å². The van der Waals surface area contributed by atoms with Crippen LogP contribution in [0, 0.1) is 0 Å². The van der Waals surface area contributed by atoms with Crippen molar-refractivity contribution in [3.8, 4) is 0 Å². The van der Waals surface area contributed by atoms with Crippen LogP contribution in [0.4, 0.5) is 0 Å². The molecule has 11 heteroatoms. The molecule has 0 heterocycles. The van der Waals surface area contributed by atoms with Crippen LogP contribution in [0.25, 0.3) is 0 Å². The average molecular weight is 476 g/mol. The number of hydrogen-bond donors (Lipinski definition) is 2. The van der Waals surface area contributed by atoms with Gasteiger partial charge in [0.1, 0.15) is 13.2 Å². The molecule has 29 heavy (non-hydrogen) atoms. The van der Waals surface area contributed by atoms with Gasteiger partial charge >= 0.3 is 0 Å². The van der Waals surface area contributed by atoms with Gasteiger partial charge in [0.25, 0.3) is 11.8 Å². The van der Waals surface area contributed by atoms with Gasteiger partial charge in [0.05, 0.1) is 17.5 Å². The first-order valence-electron chi connectivity index (χ1n) is 7.96. The zero-order chi connectivity index (χ0) is 21.2. The maximum absolute atomic E-state index is 11.6. The van der Waals surface area contributed by atoms with E-state index in [0.717, 1.165) is 0 Å². The van der Waals surface area contributed by atoms with Crippen molar-refractivity contribution in [1.82, 2.24) is 10.9 Å². The minimum Gasteiger partial charge on any atom is -0.362 e. The Morgan fingerprint density at radius 2 is 1.41 bits per heavy atom. The van der Waals surface area contributed by atoms with E-state index in [4.69, 9.17) is 51.1 Å². The van der Waals surface area contributed by atoms with Gasteiger partial charge in [-0.25, -0.2) is 10.9 Å². The summed E-state index contributed by atoms with van der Waals surface area (Å²) in [6.45, 7) is -0.736. The van der Waals surface area contributed by atoms with E-state index in [9.17, 15) is 9.59 Å². The summed E-state index contributed by atoms with van der Waals surface area (Å²) in [4.78, 5) is 23.3. The summed E-state index contributed by atoms with van der Waals surface area (Å²) in [7, 11) is 0. The molecule has 0 aromatic heterocycles. The first-order chi connectivity index (χ1) is 13.8. The summed E-state index contributed by atoms with van der Waals surface area (Å²) in [5.74, 6) is -1.09. The van der Waals surface area contributed by atoms with Crippen LogP contribution in [0.5, 0.6) is 0 Å². The molecule has 2 rings (SSSR count). The number of halogens is 4. The number of ether oxygens (including phenoxy) is 1. The smallest absolute Gasteiger partial charge is 0.266 e. The molecule has 0 bridgehead atoms. The van der Waals surface area contributed by atoms with Gasteiger partial charge in [0.15, 0.2) is 0 Å². The number of rotatable bonds is 8. The van der Waals surface area contributed by atoms with Gasteiger partial charge in [-0.15, -0.1) is 0 Å². The summed E-state index contributed by atoms with van der Waals surface area (Å²) >= 11 is 23.5. The Labute approximate surface area is 186 Å². The monoisotopic (exact) mass is 474 g/mol. The number of amides is 2. The fourth-order valence-corrected chi connectivity index (χ4v) is 2.91. The zero-order valence-corrected chi connectivity index (χ0v) is 17.7. The quantitative estimate of drug-likeness (QED) is 0.447. The van der Waals surface area contributed by atoms with Crippen LogP contribution >= 0.6 is 46.4 Å². The molecular formula is C18H14Cl4N4O3. The number of hydrogen-bond acceptors (Lipinski definition) is 5. The van der Waals surface area contributed by atoms with Gasteiger partial charge in [-0.1, -0.05) is 52.5 Å². The van der Waals surface area contributed by atoms with E-state index in [1.165, 1.54) is 12.4 Å². The second-order valence-electron chi connectivity index (χ2n) is 5.45. The summed E-state index contributed by atoms with van der Waals surface area (Å²) in [5, 5.41) is 9.27. The van der Waals surface area contributed by atoms with E-state index in [-0.39, 0.29) is 13.2 Å². The molecule has 0 radical (unpaired) electrons. The molecule has 0 aliphatic carbocycles. The number of carbonyl (C=O) groups excluding carboxylic acids is 2. The van der Waals surface area contributed by atoms with Crippen molar-refractivity contribution in [3.63, 3.8) is 0 Å². The lowest BCUT2D eigenvalue weighted by molar-refractivity contribution is -0.130. The topological polar surface area (TPSA) is 92.2 Å². The molecule has 0 aliphatic rings. The number of benzene rings is 2. The molecule has 2 N–H and O–H groups in total. The molecule has 0 unspecified atom stereocenters. The van der Waals surface area contributed by atoms with Crippen molar-refractivity contribution in [2.45, 2.75) is 0 Å². The second kappa shape index (κ2) is 11.7. The minimum atomic E-state index is -0.545.